The molecule has 0 aliphatic heterocycles. The number of hydrogen-bond acceptors (Lipinski definition) is 3. The number of amides is 1. The smallest absolute Gasteiger partial charge is 0.326 e. The molecule has 110 valence electrons. The van der Waals surface area contributed by atoms with Crippen molar-refractivity contribution < 1.29 is 19.4 Å². The van der Waals surface area contributed by atoms with E-state index >= 15 is 0 Å². The van der Waals surface area contributed by atoms with Crippen LogP contribution in [0.5, 0.6) is 5.75 Å². The Hall–Kier alpha value is -1.75. The van der Waals surface area contributed by atoms with Gasteiger partial charge in [0.1, 0.15) is 11.8 Å². The van der Waals surface area contributed by atoms with Crippen molar-refractivity contribution in [3.8, 4) is 5.75 Å². The zero-order chi connectivity index (χ0) is 15.3. The van der Waals surface area contributed by atoms with Crippen LogP contribution in [-0.2, 0) is 9.59 Å². The summed E-state index contributed by atoms with van der Waals surface area (Å²) in [5.74, 6) is -1.21. The number of carboxylic acid groups (broad SMARTS) is 1. The number of carbonyl (C=O) groups is 2. The first-order valence-electron chi connectivity index (χ1n) is 6.11. The van der Waals surface area contributed by atoms with Crippen molar-refractivity contribution in [2.45, 2.75) is 26.8 Å². The number of aliphatic carboxylic acids is 1. The number of carbonyl (C=O) groups excluding carboxylic acids is 1. The van der Waals surface area contributed by atoms with Crippen LogP contribution >= 0.6 is 11.6 Å². The van der Waals surface area contributed by atoms with E-state index in [0.29, 0.717) is 10.8 Å². The lowest BCUT2D eigenvalue weighted by Crippen LogP contribution is -2.50. The van der Waals surface area contributed by atoms with E-state index in [2.05, 4.69) is 5.32 Å². The van der Waals surface area contributed by atoms with Gasteiger partial charge in [0.05, 0.1) is 5.02 Å². The zero-order valence-corrected chi connectivity index (χ0v) is 12.4. The number of hydrogen-bond donors (Lipinski definition) is 2. The number of para-hydroxylation sites is 1. The van der Waals surface area contributed by atoms with Gasteiger partial charge in [-0.3, -0.25) is 4.79 Å². The van der Waals surface area contributed by atoms with Crippen LogP contribution in [0.1, 0.15) is 20.8 Å². The van der Waals surface area contributed by atoms with Crippen molar-refractivity contribution >= 4 is 23.5 Å². The summed E-state index contributed by atoms with van der Waals surface area (Å²) in [6.45, 7) is 4.92. The fourth-order valence-corrected chi connectivity index (χ4v) is 1.75. The SMILES string of the molecule is CC(C)(C)[C@H](NC(=O)COc1ccccc1Cl)C(=O)O. The molecule has 0 aliphatic rings. The van der Waals surface area contributed by atoms with Gasteiger partial charge in [-0.1, -0.05) is 44.5 Å². The maximum absolute atomic E-state index is 11.7. The minimum absolute atomic E-state index is 0.288. The van der Waals surface area contributed by atoms with Crippen LogP contribution in [0.15, 0.2) is 24.3 Å². The van der Waals surface area contributed by atoms with Gasteiger partial charge in [-0.2, -0.15) is 0 Å². The zero-order valence-electron chi connectivity index (χ0n) is 11.6. The molecule has 1 aromatic carbocycles. The van der Waals surface area contributed by atoms with Gasteiger partial charge in [0, 0.05) is 0 Å². The number of halogens is 1. The molecule has 0 unspecified atom stereocenters. The second-order valence-electron chi connectivity index (χ2n) is 5.42. The lowest BCUT2D eigenvalue weighted by atomic mass is 9.87. The van der Waals surface area contributed by atoms with Crippen LogP contribution in [0.25, 0.3) is 0 Å². The van der Waals surface area contributed by atoms with Gasteiger partial charge in [0.2, 0.25) is 0 Å². The average molecular weight is 300 g/mol. The molecular weight excluding hydrogens is 282 g/mol. The average Bonchev–Trinajstić information content (AvgIpc) is 2.33. The summed E-state index contributed by atoms with van der Waals surface area (Å²) in [4.78, 5) is 22.9. The third-order valence-corrected chi connectivity index (χ3v) is 2.93. The molecule has 0 heterocycles. The Morgan fingerprint density at radius 1 is 1.35 bits per heavy atom. The Morgan fingerprint density at radius 2 is 1.95 bits per heavy atom. The van der Waals surface area contributed by atoms with Crippen molar-refractivity contribution in [3.05, 3.63) is 29.3 Å². The number of rotatable bonds is 5. The highest BCUT2D eigenvalue weighted by Gasteiger charge is 2.32. The highest BCUT2D eigenvalue weighted by atomic mass is 35.5. The molecule has 0 bridgehead atoms. The summed E-state index contributed by atoms with van der Waals surface area (Å²) < 4.78 is 5.25. The summed E-state index contributed by atoms with van der Waals surface area (Å²) in [5.41, 5.74) is -0.591. The van der Waals surface area contributed by atoms with E-state index in [-0.39, 0.29) is 6.61 Å². The van der Waals surface area contributed by atoms with Gasteiger partial charge < -0.3 is 15.2 Å². The molecule has 20 heavy (non-hydrogen) atoms. The Morgan fingerprint density at radius 3 is 2.45 bits per heavy atom. The monoisotopic (exact) mass is 299 g/mol. The molecule has 1 rings (SSSR count). The predicted octanol–water partition coefficient (Wildman–Crippen LogP) is 2.33. The second kappa shape index (κ2) is 6.61. The predicted molar refractivity (Wildman–Crippen MR) is 76.0 cm³/mol. The highest BCUT2D eigenvalue weighted by molar-refractivity contribution is 6.32. The van der Waals surface area contributed by atoms with E-state index in [1.165, 1.54) is 0 Å². The number of nitrogens with one attached hydrogen (secondary N) is 1. The molecule has 1 atom stereocenters. The molecule has 0 saturated carbocycles. The van der Waals surface area contributed by atoms with Crippen molar-refractivity contribution in [1.29, 1.82) is 0 Å². The molecule has 1 aromatic rings. The molecule has 0 aliphatic carbocycles. The fraction of sp³-hybridized carbons (Fsp3) is 0.429. The van der Waals surface area contributed by atoms with E-state index < -0.39 is 23.3 Å². The summed E-state index contributed by atoms with van der Waals surface area (Å²) >= 11 is 5.89. The topological polar surface area (TPSA) is 75.6 Å². The summed E-state index contributed by atoms with van der Waals surface area (Å²) in [5, 5.41) is 11.9. The normalized spacial score (nSPS) is 12.6. The Labute approximate surface area is 122 Å². The van der Waals surface area contributed by atoms with Crippen molar-refractivity contribution in [3.63, 3.8) is 0 Å². The lowest BCUT2D eigenvalue weighted by molar-refractivity contribution is -0.145. The molecule has 6 heteroatoms. The number of ether oxygens (including phenoxy) is 1. The third kappa shape index (κ3) is 4.74. The molecule has 1 amide bonds. The van der Waals surface area contributed by atoms with Crippen LogP contribution in [0.3, 0.4) is 0 Å². The van der Waals surface area contributed by atoms with E-state index in [1.54, 1.807) is 45.0 Å². The van der Waals surface area contributed by atoms with Gasteiger partial charge in [-0.25, -0.2) is 4.79 Å². The Balaban J connectivity index is 2.60. The van der Waals surface area contributed by atoms with E-state index in [4.69, 9.17) is 21.4 Å². The largest absolute Gasteiger partial charge is 0.482 e. The van der Waals surface area contributed by atoms with Gasteiger partial charge >= 0.3 is 5.97 Å². The standard InChI is InChI=1S/C14H18ClNO4/c1-14(2,3)12(13(18)19)16-11(17)8-20-10-7-5-4-6-9(10)15/h4-7,12H,8H2,1-3H3,(H,16,17)(H,18,19)/t12-/m1/s1. The number of benzene rings is 1. The third-order valence-electron chi connectivity index (χ3n) is 2.61. The number of carboxylic acids is 1. The van der Waals surface area contributed by atoms with Gasteiger partial charge in [0.25, 0.3) is 5.91 Å². The van der Waals surface area contributed by atoms with Gasteiger partial charge in [-0.05, 0) is 17.5 Å². The highest BCUT2D eigenvalue weighted by Crippen LogP contribution is 2.23. The summed E-state index contributed by atoms with van der Waals surface area (Å²) in [7, 11) is 0. The van der Waals surface area contributed by atoms with Crippen molar-refractivity contribution in [2.75, 3.05) is 6.61 Å². The molecule has 0 spiro atoms. The minimum atomic E-state index is -1.08. The summed E-state index contributed by atoms with van der Waals surface area (Å²) in [6, 6.07) is 5.77. The molecule has 2 N–H and O–H groups in total. The van der Waals surface area contributed by atoms with Crippen LogP contribution in [0.2, 0.25) is 5.02 Å². The molecule has 0 fully saturated rings. The van der Waals surface area contributed by atoms with Gasteiger partial charge in [0.15, 0.2) is 6.61 Å². The Bertz CT molecular complexity index is 496. The molecule has 5 nitrogen and oxygen atoms in total. The first-order chi connectivity index (χ1) is 9.21. The Kier molecular flexibility index (Phi) is 5.39. The van der Waals surface area contributed by atoms with Crippen LogP contribution in [-0.4, -0.2) is 29.6 Å². The maximum Gasteiger partial charge on any atom is 0.326 e. The molecule has 0 radical (unpaired) electrons. The van der Waals surface area contributed by atoms with E-state index in [0.717, 1.165) is 0 Å². The van der Waals surface area contributed by atoms with E-state index in [9.17, 15) is 9.59 Å². The quantitative estimate of drug-likeness (QED) is 0.875. The van der Waals surface area contributed by atoms with Gasteiger partial charge in [-0.15, -0.1) is 0 Å². The van der Waals surface area contributed by atoms with Crippen LogP contribution < -0.4 is 10.1 Å². The van der Waals surface area contributed by atoms with Crippen molar-refractivity contribution in [1.82, 2.24) is 5.32 Å². The lowest BCUT2D eigenvalue weighted by Gasteiger charge is -2.27. The molecule has 0 aromatic heterocycles. The van der Waals surface area contributed by atoms with E-state index in [1.807, 2.05) is 0 Å². The van der Waals surface area contributed by atoms with Crippen LogP contribution in [0, 0.1) is 5.41 Å². The molecule has 0 saturated heterocycles. The maximum atomic E-state index is 11.7. The first kappa shape index (κ1) is 16.3. The second-order valence-corrected chi connectivity index (χ2v) is 5.83. The summed E-state index contributed by atoms with van der Waals surface area (Å²) in [6.07, 6.45) is 0. The minimum Gasteiger partial charge on any atom is -0.482 e. The fourth-order valence-electron chi connectivity index (χ4n) is 1.56. The van der Waals surface area contributed by atoms with Crippen LogP contribution in [0.4, 0.5) is 0 Å². The first-order valence-corrected chi connectivity index (χ1v) is 6.49. The van der Waals surface area contributed by atoms with Crippen molar-refractivity contribution in [2.24, 2.45) is 5.41 Å². The molecular formula is C14H18ClNO4.